The van der Waals surface area contributed by atoms with E-state index in [1.807, 2.05) is 0 Å². The minimum Gasteiger partial charge on any atom is -0.372 e. The zero-order valence-electron chi connectivity index (χ0n) is 15.4. The van der Waals surface area contributed by atoms with Crippen molar-refractivity contribution in [3.05, 3.63) is 29.3 Å². The molecule has 2 saturated heterocycles. The molecule has 2 fully saturated rings. The highest BCUT2D eigenvalue weighted by molar-refractivity contribution is 5.50. The van der Waals surface area contributed by atoms with E-state index >= 15 is 0 Å². The van der Waals surface area contributed by atoms with Crippen molar-refractivity contribution in [2.24, 2.45) is 5.92 Å². The third-order valence-corrected chi connectivity index (χ3v) is 6.01. The van der Waals surface area contributed by atoms with Gasteiger partial charge in [0.15, 0.2) is 0 Å². The van der Waals surface area contributed by atoms with Crippen LogP contribution in [-0.4, -0.2) is 62.7 Å². The Kier molecular flexibility index (Phi) is 5.27. The number of hydrogen-bond acceptors (Lipinski definition) is 3. The van der Waals surface area contributed by atoms with Gasteiger partial charge in [0, 0.05) is 37.9 Å². The Morgan fingerprint density at radius 3 is 2.39 bits per heavy atom. The van der Waals surface area contributed by atoms with Crippen LogP contribution in [0.15, 0.2) is 18.2 Å². The molecule has 1 unspecified atom stereocenters. The average molecular weight is 316 g/mol. The third-order valence-electron chi connectivity index (χ3n) is 6.01. The van der Waals surface area contributed by atoms with Gasteiger partial charge in [0.25, 0.3) is 0 Å². The van der Waals surface area contributed by atoms with E-state index in [1.54, 1.807) is 0 Å². The third kappa shape index (κ3) is 4.07. The van der Waals surface area contributed by atoms with Crippen molar-refractivity contribution in [2.45, 2.75) is 39.2 Å². The van der Waals surface area contributed by atoms with Gasteiger partial charge in [0.1, 0.15) is 0 Å². The predicted octanol–water partition coefficient (Wildman–Crippen LogP) is 3.16. The molecule has 1 aromatic rings. The summed E-state index contributed by atoms with van der Waals surface area (Å²) in [5.41, 5.74) is 4.22. The Hall–Kier alpha value is -1.06. The first-order valence-electron chi connectivity index (χ1n) is 9.24. The SMILES string of the molecule is Cc1ccc(N2CCC(CN(C)C3CCN(C)C3)CC2)cc1C. The molecule has 0 amide bonds. The van der Waals surface area contributed by atoms with Crippen LogP contribution in [0.3, 0.4) is 0 Å². The van der Waals surface area contributed by atoms with Gasteiger partial charge >= 0.3 is 0 Å². The number of piperidine rings is 1. The lowest BCUT2D eigenvalue weighted by atomic mass is 9.95. The molecule has 3 nitrogen and oxygen atoms in total. The Morgan fingerprint density at radius 2 is 1.78 bits per heavy atom. The lowest BCUT2D eigenvalue weighted by Gasteiger charge is -2.36. The highest BCUT2D eigenvalue weighted by Gasteiger charge is 2.26. The predicted molar refractivity (Wildman–Crippen MR) is 99.4 cm³/mol. The summed E-state index contributed by atoms with van der Waals surface area (Å²) in [5.74, 6) is 0.869. The van der Waals surface area contributed by atoms with Crippen molar-refractivity contribution in [2.75, 3.05) is 51.7 Å². The van der Waals surface area contributed by atoms with Crippen LogP contribution in [0.25, 0.3) is 0 Å². The van der Waals surface area contributed by atoms with Crippen molar-refractivity contribution >= 4 is 5.69 Å². The number of anilines is 1. The molecule has 3 heteroatoms. The Labute approximate surface area is 142 Å². The average Bonchev–Trinajstić information content (AvgIpc) is 2.97. The van der Waals surface area contributed by atoms with Crippen molar-refractivity contribution < 1.29 is 0 Å². The molecule has 3 rings (SSSR count). The van der Waals surface area contributed by atoms with E-state index in [4.69, 9.17) is 0 Å². The second-order valence-corrected chi connectivity index (χ2v) is 7.84. The van der Waals surface area contributed by atoms with Crippen LogP contribution in [0.4, 0.5) is 5.69 Å². The summed E-state index contributed by atoms with van der Waals surface area (Å²) in [6, 6.07) is 7.69. The van der Waals surface area contributed by atoms with Gasteiger partial charge in [-0.25, -0.2) is 0 Å². The van der Waals surface area contributed by atoms with Crippen LogP contribution in [0.2, 0.25) is 0 Å². The summed E-state index contributed by atoms with van der Waals surface area (Å²) in [6.07, 6.45) is 4.01. The fourth-order valence-electron chi connectivity index (χ4n) is 4.12. The van der Waals surface area contributed by atoms with Gasteiger partial charge in [-0.1, -0.05) is 6.07 Å². The number of aryl methyl sites for hydroxylation is 2. The zero-order chi connectivity index (χ0) is 16.4. The van der Waals surface area contributed by atoms with E-state index in [9.17, 15) is 0 Å². The minimum atomic E-state index is 0.776. The minimum absolute atomic E-state index is 0.776. The second kappa shape index (κ2) is 7.23. The first kappa shape index (κ1) is 16.8. The van der Waals surface area contributed by atoms with Crippen LogP contribution in [0.1, 0.15) is 30.4 Å². The molecular weight excluding hydrogens is 282 g/mol. The summed E-state index contributed by atoms with van der Waals surface area (Å²) in [4.78, 5) is 7.66. The molecule has 0 radical (unpaired) electrons. The maximum absolute atomic E-state index is 2.62. The van der Waals surface area contributed by atoms with E-state index < -0.39 is 0 Å². The van der Waals surface area contributed by atoms with E-state index in [2.05, 4.69) is 60.8 Å². The fourth-order valence-corrected chi connectivity index (χ4v) is 4.12. The topological polar surface area (TPSA) is 9.72 Å². The molecule has 2 aliphatic heterocycles. The van der Waals surface area contributed by atoms with Gasteiger partial charge in [-0.3, -0.25) is 0 Å². The molecule has 0 spiro atoms. The van der Waals surface area contributed by atoms with E-state index in [0.29, 0.717) is 0 Å². The van der Waals surface area contributed by atoms with Gasteiger partial charge in [-0.05, 0) is 82.9 Å². The lowest BCUT2D eigenvalue weighted by Crippen LogP contribution is -2.41. The monoisotopic (exact) mass is 315 g/mol. The van der Waals surface area contributed by atoms with Crippen LogP contribution >= 0.6 is 0 Å². The molecule has 0 aliphatic carbocycles. The smallest absolute Gasteiger partial charge is 0.0369 e. The summed E-state index contributed by atoms with van der Waals surface area (Å²) in [7, 11) is 4.58. The Morgan fingerprint density at radius 1 is 1.04 bits per heavy atom. The number of rotatable bonds is 4. The number of likely N-dealkylation sites (N-methyl/N-ethyl adjacent to an activating group) is 2. The number of hydrogen-bond donors (Lipinski definition) is 0. The van der Waals surface area contributed by atoms with E-state index in [-0.39, 0.29) is 0 Å². The summed E-state index contributed by atoms with van der Waals surface area (Å²) < 4.78 is 0. The fraction of sp³-hybridized carbons (Fsp3) is 0.700. The molecular formula is C20H33N3. The number of benzene rings is 1. The molecule has 0 bridgehead atoms. The first-order chi connectivity index (χ1) is 11.0. The molecule has 0 saturated carbocycles. The Balaban J connectivity index is 1.49. The molecule has 0 N–H and O–H groups in total. The quantitative estimate of drug-likeness (QED) is 0.845. The second-order valence-electron chi connectivity index (χ2n) is 7.84. The summed E-state index contributed by atoms with van der Waals surface area (Å²) in [5, 5.41) is 0. The standard InChI is InChI=1S/C20H33N3/c1-16-5-6-19(13-17(16)2)23-11-7-18(8-12-23)14-22(4)20-9-10-21(3)15-20/h5-6,13,18,20H,7-12,14-15H2,1-4H3. The molecule has 1 aromatic carbocycles. The van der Waals surface area contributed by atoms with Crippen LogP contribution < -0.4 is 4.90 Å². The highest BCUT2D eigenvalue weighted by atomic mass is 15.2. The van der Waals surface area contributed by atoms with Gasteiger partial charge in [0.2, 0.25) is 0 Å². The van der Waals surface area contributed by atoms with Crippen LogP contribution in [0.5, 0.6) is 0 Å². The molecule has 2 heterocycles. The van der Waals surface area contributed by atoms with Crippen molar-refractivity contribution in [3.63, 3.8) is 0 Å². The highest BCUT2D eigenvalue weighted by Crippen LogP contribution is 2.26. The van der Waals surface area contributed by atoms with Crippen molar-refractivity contribution in [3.8, 4) is 0 Å². The van der Waals surface area contributed by atoms with E-state index in [1.165, 1.54) is 68.8 Å². The molecule has 1 atom stereocenters. The normalized spacial score (nSPS) is 23.9. The van der Waals surface area contributed by atoms with Crippen LogP contribution in [-0.2, 0) is 0 Å². The molecule has 23 heavy (non-hydrogen) atoms. The van der Waals surface area contributed by atoms with Gasteiger partial charge in [-0.15, -0.1) is 0 Å². The van der Waals surface area contributed by atoms with Gasteiger partial charge < -0.3 is 14.7 Å². The lowest BCUT2D eigenvalue weighted by molar-refractivity contribution is 0.192. The first-order valence-corrected chi connectivity index (χ1v) is 9.24. The van der Waals surface area contributed by atoms with E-state index in [0.717, 1.165) is 12.0 Å². The summed E-state index contributed by atoms with van der Waals surface area (Å²) in [6.45, 7) is 10.6. The van der Waals surface area contributed by atoms with Crippen molar-refractivity contribution in [1.82, 2.24) is 9.80 Å². The van der Waals surface area contributed by atoms with Gasteiger partial charge in [0.05, 0.1) is 0 Å². The zero-order valence-corrected chi connectivity index (χ0v) is 15.4. The largest absolute Gasteiger partial charge is 0.372 e. The molecule has 128 valence electrons. The summed E-state index contributed by atoms with van der Waals surface area (Å²) >= 11 is 0. The van der Waals surface area contributed by atoms with Crippen molar-refractivity contribution in [1.29, 1.82) is 0 Å². The molecule has 0 aromatic heterocycles. The number of nitrogens with zero attached hydrogens (tertiary/aromatic N) is 3. The van der Waals surface area contributed by atoms with Gasteiger partial charge in [-0.2, -0.15) is 0 Å². The maximum atomic E-state index is 2.62. The van der Waals surface area contributed by atoms with Crippen LogP contribution in [0, 0.1) is 19.8 Å². The maximum Gasteiger partial charge on any atom is 0.0369 e. The number of likely N-dealkylation sites (tertiary alicyclic amines) is 1. The Bertz CT molecular complexity index is 520. The molecule has 2 aliphatic rings.